The number of hydrogen-bond donors (Lipinski definition) is 2. The van der Waals surface area contributed by atoms with Gasteiger partial charge in [0.1, 0.15) is 5.75 Å². The van der Waals surface area contributed by atoms with Crippen LogP contribution in [0.2, 0.25) is 0 Å². The van der Waals surface area contributed by atoms with Crippen molar-refractivity contribution in [1.29, 1.82) is 0 Å². The van der Waals surface area contributed by atoms with E-state index < -0.39 is 0 Å². The molecule has 0 spiro atoms. The molecule has 0 bridgehead atoms. The van der Waals surface area contributed by atoms with Gasteiger partial charge in [-0.15, -0.1) is 11.3 Å². The van der Waals surface area contributed by atoms with Gasteiger partial charge in [-0.25, -0.2) is 4.98 Å². The van der Waals surface area contributed by atoms with Crippen LogP contribution >= 0.6 is 11.3 Å². The Morgan fingerprint density at radius 3 is 2.45 bits per heavy atom. The second-order valence-electron chi connectivity index (χ2n) is 7.55. The fourth-order valence-corrected chi connectivity index (χ4v) is 3.99. The van der Waals surface area contributed by atoms with Gasteiger partial charge in [-0.3, -0.25) is 4.79 Å². The number of hydrogen-bond acceptors (Lipinski definition) is 6. The summed E-state index contributed by atoms with van der Waals surface area (Å²) < 4.78 is 5.23. The molecule has 1 heterocycles. The molecule has 0 radical (unpaired) electrons. The number of likely N-dealkylation sites (N-methyl/N-ethyl adjacent to an activating group) is 1. The molecule has 164 valence electrons. The monoisotopic (exact) mass is 438 g/mol. The van der Waals surface area contributed by atoms with Crippen molar-refractivity contribution < 1.29 is 9.53 Å². The highest BCUT2D eigenvalue weighted by Crippen LogP contribution is 2.23. The highest BCUT2D eigenvalue weighted by Gasteiger charge is 2.16. The summed E-state index contributed by atoms with van der Waals surface area (Å²) >= 11 is 1.50. The van der Waals surface area contributed by atoms with E-state index in [4.69, 9.17) is 4.74 Å². The number of thiazole rings is 1. The Morgan fingerprint density at radius 2 is 1.84 bits per heavy atom. The van der Waals surface area contributed by atoms with Gasteiger partial charge in [0, 0.05) is 17.6 Å². The van der Waals surface area contributed by atoms with E-state index in [0.717, 1.165) is 34.2 Å². The number of nitrogens with one attached hydrogen (secondary N) is 2. The van der Waals surface area contributed by atoms with Crippen LogP contribution < -0.4 is 15.4 Å². The van der Waals surface area contributed by atoms with Gasteiger partial charge in [-0.05, 0) is 55.9 Å². The fourth-order valence-electron chi connectivity index (χ4n) is 3.25. The number of amides is 1. The lowest BCUT2D eigenvalue weighted by Crippen LogP contribution is -2.35. The van der Waals surface area contributed by atoms with Gasteiger partial charge in [0.15, 0.2) is 5.13 Å². The quantitative estimate of drug-likeness (QED) is 0.491. The first kappa shape index (κ1) is 22.8. The van der Waals surface area contributed by atoms with Crippen LogP contribution in [0.4, 0.5) is 10.8 Å². The van der Waals surface area contributed by atoms with Crippen molar-refractivity contribution in [3.8, 4) is 5.75 Å². The molecule has 31 heavy (non-hydrogen) atoms. The summed E-state index contributed by atoms with van der Waals surface area (Å²) in [7, 11) is 5.67. The number of aryl methyl sites for hydroxylation is 1. The summed E-state index contributed by atoms with van der Waals surface area (Å²) in [5.74, 6) is 0.782. The van der Waals surface area contributed by atoms with Gasteiger partial charge in [-0.1, -0.05) is 31.2 Å². The molecular formula is C24H30N4O2S. The zero-order chi connectivity index (χ0) is 22.2. The SMILES string of the molecule is CCc1ccc(Nc2nc(CC(=O)NCC(c3ccc(OC)cc3)N(C)C)cs2)cc1. The van der Waals surface area contributed by atoms with Crippen molar-refractivity contribution in [2.24, 2.45) is 0 Å². The minimum Gasteiger partial charge on any atom is -0.497 e. The van der Waals surface area contributed by atoms with Crippen molar-refractivity contribution in [3.63, 3.8) is 0 Å². The van der Waals surface area contributed by atoms with Gasteiger partial charge >= 0.3 is 0 Å². The molecular weight excluding hydrogens is 408 g/mol. The van der Waals surface area contributed by atoms with E-state index in [9.17, 15) is 4.79 Å². The predicted molar refractivity (Wildman–Crippen MR) is 127 cm³/mol. The molecule has 0 fully saturated rings. The fraction of sp³-hybridized carbons (Fsp3) is 0.333. The third-order valence-corrected chi connectivity index (χ3v) is 5.93. The maximum absolute atomic E-state index is 12.5. The number of benzene rings is 2. The maximum Gasteiger partial charge on any atom is 0.226 e. The zero-order valence-electron chi connectivity index (χ0n) is 18.5. The van der Waals surface area contributed by atoms with Crippen molar-refractivity contribution in [2.45, 2.75) is 25.8 Å². The first-order valence-electron chi connectivity index (χ1n) is 10.4. The molecule has 3 rings (SSSR count). The van der Waals surface area contributed by atoms with Crippen LogP contribution in [0.25, 0.3) is 0 Å². The van der Waals surface area contributed by atoms with Gasteiger partial charge in [0.2, 0.25) is 5.91 Å². The predicted octanol–water partition coefficient (Wildman–Crippen LogP) is 4.42. The lowest BCUT2D eigenvalue weighted by Gasteiger charge is -2.25. The second-order valence-corrected chi connectivity index (χ2v) is 8.41. The van der Waals surface area contributed by atoms with Gasteiger partial charge in [-0.2, -0.15) is 0 Å². The number of carbonyl (C=O) groups excluding carboxylic acids is 1. The van der Waals surface area contributed by atoms with Gasteiger partial charge in [0.05, 0.1) is 25.3 Å². The summed E-state index contributed by atoms with van der Waals surface area (Å²) in [6.07, 6.45) is 1.28. The summed E-state index contributed by atoms with van der Waals surface area (Å²) in [6.45, 7) is 2.66. The minimum atomic E-state index is -0.0375. The topological polar surface area (TPSA) is 66.5 Å². The third-order valence-electron chi connectivity index (χ3n) is 5.12. The van der Waals surface area contributed by atoms with Gasteiger partial charge in [0.25, 0.3) is 0 Å². The van der Waals surface area contributed by atoms with Crippen LogP contribution in [0.3, 0.4) is 0 Å². The Hall–Kier alpha value is -2.90. The molecule has 3 aromatic rings. The average molecular weight is 439 g/mol. The number of methoxy groups -OCH3 is 1. The zero-order valence-corrected chi connectivity index (χ0v) is 19.3. The van der Waals surface area contributed by atoms with Crippen LogP contribution in [0.15, 0.2) is 53.9 Å². The van der Waals surface area contributed by atoms with Crippen LogP contribution in [-0.2, 0) is 17.6 Å². The summed E-state index contributed by atoms with van der Waals surface area (Å²) in [6, 6.07) is 16.3. The smallest absolute Gasteiger partial charge is 0.226 e. The highest BCUT2D eigenvalue weighted by atomic mass is 32.1. The molecule has 0 aliphatic rings. The number of nitrogens with zero attached hydrogens (tertiary/aromatic N) is 2. The van der Waals surface area contributed by atoms with E-state index in [-0.39, 0.29) is 18.4 Å². The summed E-state index contributed by atoms with van der Waals surface area (Å²) in [5, 5.41) is 9.06. The van der Waals surface area contributed by atoms with Crippen LogP contribution in [-0.4, -0.2) is 43.5 Å². The average Bonchev–Trinajstić information content (AvgIpc) is 3.21. The largest absolute Gasteiger partial charge is 0.497 e. The third kappa shape index (κ3) is 6.54. The standard InChI is InChI=1S/C24H30N4O2S/c1-5-17-6-10-19(11-7-17)26-24-27-20(16-31-24)14-23(29)25-15-22(28(2)3)18-8-12-21(30-4)13-9-18/h6-13,16,22H,5,14-15H2,1-4H3,(H,25,29)(H,26,27). The lowest BCUT2D eigenvalue weighted by atomic mass is 10.1. The van der Waals surface area contributed by atoms with E-state index in [0.29, 0.717) is 6.54 Å². The number of ether oxygens (including phenoxy) is 1. The Morgan fingerprint density at radius 1 is 1.13 bits per heavy atom. The van der Waals surface area contributed by atoms with Crippen molar-refractivity contribution in [1.82, 2.24) is 15.2 Å². The first-order chi connectivity index (χ1) is 15.0. The Balaban J connectivity index is 1.53. The molecule has 1 unspecified atom stereocenters. The van der Waals surface area contributed by atoms with E-state index in [1.807, 2.05) is 55.9 Å². The van der Waals surface area contributed by atoms with Crippen molar-refractivity contribution >= 4 is 28.1 Å². The van der Waals surface area contributed by atoms with Crippen LogP contribution in [0.5, 0.6) is 5.75 Å². The molecule has 2 N–H and O–H groups in total. The Bertz CT molecular complexity index is 968. The number of anilines is 2. The van der Waals surface area contributed by atoms with E-state index in [1.165, 1.54) is 16.9 Å². The molecule has 1 amide bonds. The number of aromatic nitrogens is 1. The van der Waals surface area contributed by atoms with E-state index >= 15 is 0 Å². The van der Waals surface area contributed by atoms with Crippen molar-refractivity contribution in [3.05, 3.63) is 70.7 Å². The molecule has 0 aliphatic carbocycles. The molecule has 7 heteroatoms. The molecule has 0 saturated heterocycles. The Labute approximate surface area is 188 Å². The Kier molecular flexibility index (Phi) is 8.03. The molecule has 0 saturated carbocycles. The van der Waals surface area contributed by atoms with E-state index in [2.05, 4.69) is 39.6 Å². The molecule has 1 atom stereocenters. The number of rotatable bonds is 10. The van der Waals surface area contributed by atoms with Crippen LogP contribution in [0.1, 0.15) is 29.8 Å². The minimum absolute atomic E-state index is 0.0375. The molecule has 6 nitrogen and oxygen atoms in total. The summed E-state index contributed by atoms with van der Waals surface area (Å²) in [5.41, 5.74) is 4.19. The number of carbonyl (C=O) groups is 1. The second kappa shape index (κ2) is 10.9. The maximum atomic E-state index is 12.5. The summed E-state index contributed by atoms with van der Waals surface area (Å²) in [4.78, 5) is 19.1. The highest BCUT2D eigenvalue weighted by molar-refractivity contribution is 7.13. The first-order valence-corrected chi connectivity index (χ1v) is 11.2. The van der Waals surface area contributed by atoms with Crippen LogP contribution in [0, 0.1) is 0 Å². The lowest BCUT2D eigenvalue weighted by molar-refractivity contribution is -0.120. The molecule has 1 aromatic heterocycles. The van der Waals surface area contributed by atoms with Crippen molar-refractivity contribution in [2.75, 3.05) is 33.1 Å². The molecule has 0 aliphatic heterocycles. The van der Waals surface area contributed by atoms with Gasteiger partial charge < -0.3 is 20.3 Å². The molecule has 2 aromatic carbocycles. The van der Waals surface area contributed by atoms with E-state index in [1.54, 1.807) is 7.11 Å². The normalized spacial score (nSPS) is 11.9.